The number of anilines is 1. The summed E-state index contributed by atoms with van der Waals surface area (Å²) in [6.07, 6.45) is 23.9. The van der Waals surface area contributed by atoms with Gasteiger partial charge in [0.25, 0.3) is 0 Å². The van der Waals surface area contributed by atoms with Gasteiger partial charge in [-0.05, 0) is 176 Å². The van der Waals surface area contributed by atoms with Crippen LogP contribution in [0.25, 0.3) is 16.7 Å². The summed E-state index contributed by atoms with van der Waals surface area (Å²) in [4.78, 5) is 29.3. The molecule has 1 N–H and O–H groups in total. The monoisotopic (exact) mass is 937 g/mol. The summed E-state index contributed by atoms with van der Waals surface area (Å²) in [6, 6.07) is 25.0. The van der Waals surface area contributed by atoms with Crippen molar-refractivity contribution in [1.29, 1.82) is 0 Å². The number of nitrogens with zero attached hydrogens (tertiary/aromatic N) is 1. The van der Waals surface area contributed by atoms with Crippen LogP contribution in [0.2, 0.25) is 0 Å². The molecule has 7 aliphatic rings. The van der Waals surface area contributed by atoms with Gasteiger partial charge in [-0.2, -0.15) is 0 Å². The first-order valence-electron chi connectivity index (χ1n) is 26.8. The average molecular weight is 937 g/mol. The molecule has 0 spiro atoms. The van der Waals surface area contributed by atoms with Gasteiger partial charge in [0.05, 0.1) is 5.69 Å². The number of hydrogen-bond acceptors (Lipinski definition) is 3. The molecule has 1 saturated heterocycles. The Bertz CT molecular complexity index is 3210. The molecular formula is C66H73BN2O2. The average Bonchev–Trinajstić information content (AvgIpc) is 3.97. The fourth-order valence-corrected chi connectivity index (χ4v) is 14.9. The summed E-state index contributed by atoms with van der Waals surface area (Å²) in [5, 5.41) is 4.19. The summed E-state index contributed by atoms with van der Waals surface area (Å²) >= 11 is 0. The maximum Gasteiger partial charge on any atom is 0.321 e. The van der Waals surface area contributed by atoms with Gasteiger partial charge in [-0.15, -0.1) is 0 Å². The molecule has 0 bridgehead atoms. The lowest BCUT2D eigenvalue weighted by atomic mass is 9.45. The van der Waals surface area contributed by atoms with E-state index in [-0.39, 0.29) is 65.0 Å². The molecule has 4 aromatic rings. The maximum absolute atomic E-state index is 13.9. The zero-order valence-electron chi connectivity index (χ0n) is 44.5. The summed E-state index contributed by atoms with van der Waals surface area (Å²) in [5.41, 5.74) is 25.2. The number of hydrogen-bond donors (Lipinski definition) is 1. The van der Waals surface area contributed by atoms with E-state index >= 15 is 0 Å². The van der Waals surface area contributed by atoms with Crippen molar-refractivity contribution in [2.45, 2.75) is 157 Å². The highest BCUT2D eigenvalue weighted by molar-refractivity contribution is 6.84. The second-order valence-corrected chi connectivity index (χ2v) is 24.2. The van der Waals surface area contributed by atoms with E-state index in [2.05, 4.69) is 198 Å². The predicted octanol–water partition coefficient (Wildman–Crippen LogP) is 14.5. The maximum atomic E-state index is 13.9. The molecule has 71 heavy (non-hydrogen) atoms. The number of rotatable bonds is 4. The van der Waals surface area contributed by atoms with Crippen LogP contribution in [0.1, 0.15) is 177 Å². The van der Waals surface area contributed by atoms with Crippen molar-refractivity contribution in [3.05, 3.63) is 187 Å². The van der Waals surface area contributed by atoms with Crippen molar-refractivity contribution in [2.75, 3.05) is 4.90 Å². The highest BCUT2D eigenvalue weighted by atomic mass is 16.2. The molecule has 0 radical (unpaired) electrons. The van der Waals surface area contributed by atoms with Crippen molar-refractivity contribution in [1.82, 2.24) is 5.23 Å². The van der Waals surface area contributed by atoms with Crippen LogP contribution in [0.3, 0.4) is 0 Å². The highest BCUT2D eigenvalue weighted by Gasteiger charge is 2.47. The van der Waals surface area contributed by atoms with Crippen LogP contribution >= 0.6 is 0 Å². The van der Waals surface area contributed by atoms with E-state index in [9.17, 15) is 9.59 Å². The summed E-state index contributed by atoms with van der Waals surface area (Å²) < 4.78 is 0. The topological polar surface area (TPSA) is 49.4 Å². The second-order valence-electron chi connectivity index (χ2n) is 24.2. The van der Waals surface area contributed by atoms with E-state index in [1.807, 2.05) is 0 Å². The van der Waals surface area contributed by atoms with Crippen molar-refractivity contribution >= 4 is 40.8 Å². The van der Waals surface area contributed by atoms with Gasteiger partial charge in [0.2, 0.25) is 11.8 Å². The molecule has 2 heterocycles. The minimum Gasteiger partial charge on any atom is -0.426 e. The fraction of sp³-hybridized carbons (Fsp3) is 0.394. The lowest BCUT2D eigenvalue weighted by Gasteiger charge is -2.50. The highest BCUT2D eigenvalue weighted by Crippen LogP contribution is 2.55. The number of allylic oxidation sites excluding steroid dienone is 13. The van der Waals surface area contributed by atoms with Crippen molar-refractivity contribution in [3.63, 3.8) is 0 Å². The van der Waals surface area contributed by atoms with E-state index in [0.717, 1.165) is 37.6 Å². The van der Waals surface area contributed by atoms with Crippen LogP contribution in [0.4, 0.5) is 5.69 Å². The normalized spacial score (nSPS) is 26.4. The Hall–Kier alpha value is -5.94. The molecule has 2 aliphatic heterocycles. The van der Waals surface area contributed by atoms with Crippen LogP contribution < -0.4 is 21.1 Å². The zero-order valence-corrected chi connectivity index (χ0v) is 44.5. The Morgan fingerprint density at radius 1 is 0.676 bits per heavy atom. The first-order valence-corrected chi connectivity index (χ1v) is 26.8. The minimum atomic E-state index is -0.324. The second kappa shape index (κ2) is 16.8. The molecule has 11 rings (SSSR count). The van der Waals surface area contributed by atoms with E-state index < -0.39 is 0 Å². The van der Waals surface area contributed by atoms with Crippen molar-refractivity contribution < 1.29 is 9.59 Å². The molecule has 2 amide bonds. The molecule has 362 valence electrons. The predicted molar refractivity (Wildman–Crippen MR) is 298 cm³/mol. The smallest absolute Gasteiger partial charge is 0.321 e. The summed E-state index contributed by atoms with van der Waals surface area (Å²) in [7, 11) is 0. The van der Waals surface area contributed by atoms with Crippen LogP contribution in [0.15, 0.2) is 143 Å². The standard InChI is InChI=1S/C66H73BN2O2/c1-39-44(35-56-40(2)47-22-15-17-25-53(47)65(56,10)11)27-28-50-49-24-16-18-26-54(49)64(8,9)55(50)31-34-68-67(62-43(5)61-41(3)46-21-13-14-23-48(46)52(61)38-51(39)62)58-37-45(69-59(70)29-30-60(69)71)36-57(42(58)4)66(12)33-20-19-32-63(66,6)7/h13-16,18,21-24,26-28,31,34-39,41,68H,17,19-20,25,29-30,32-33H2,1-12H3/b28-27-,34-31+,44-35-. The molecule has 1 saturated carbocycles. The Kier molecular flexibility index (Phi) is 11.2. The number of fused-ring (bicyclic) bond motifs is 6. The van der Waals surface area contributed by atoms with Gasteiger partial charge < -0.3 is 5.23 Å². The van der Waals surface area contributed by atoms with E-state index in [1.54, 1.807) is 5.57 Å². The first kappa shape index (κ1) is 47.4. The van der Waals surface area contributed by atoms with Gasteiger partial charge in [-0.1, -0.05) is 171 Å². The molecule has 3 atom stereocenters. The van der Waals surface area contributed by atoms with Gasteiger partial charge in [0.15, 0.2) is 0 Å². The van der Waals surface area contributed by atoms with Gasteiger partial charge in [0.1, 0.15) is 0 Å². The van der Waals surface area contributed by atoms with Crippen LogP contribution in [0, 0.1) is 24.7 Å². The molecule has 3 unspecified atom stereocenters. The fourth-order valence-electron chi connectivity index (χ4n) is 14.9. The molecule has 4 nitrogen and oxygen atoms in total. The molecule has 5 heteroatoms. The van der Waals surface area contributed by atoms with Gasteiger partial charge in [-0.25, -0.2) is 0 Å². The van der Waals surface area contributed by atoms with Crippen LogP contribution in [0.5, 0.6) is 0 Å². The summed E-state index contributed by atoms with van der Waals surface area (Å²) in [6.45, 7) is 28.5. The lowest BCUT2D eigenvalue weighted by molar-refractivity contribution is -0.121. The lowest BCUT2D eigenvalue weighted by Crippen LogP contribution is -2.57. The van der Waals surface area contributed by atoms with Crippen molar-refractivity contribution in [3.8, 4) is 11.1 Å². The minimum absolute atomic E-state index is 0.00219. The first-order chi connectivity index (χ1) is 33.8. The number of nitrogens with one attached hydrogen (secondary N) is 1. The Balaban J connectivity index is 1.23. The Labute approximate surface area is 425 Å². The number of imide groups is 1. The van der Waals surface area contributed by atoms with Crippen LogP contribution in [-0.4, -0.2) is 18.7 Å². The molecule has 5 aliphatic carbocycles. The zero-order chi connectivity index (χ0) is 50.1. The SMILES string of the molecule is CC1=C(/C=C2/C=C\C3=C(/C=C/NB(c4cc(N5C(=O)CCC5=O)cc(C5(C)CCCCC5(C)C)c4C)c4c(cc5c(c4C)C(C)c4ccccc4-5)C2C)C(C)(C)c2ccccc23)C(C)(C)C2=C1C=CCC2. The third kappa shape index (κ3) is 7.05. The quantitative estimate of drug-likeness (QED) is 0.164. The third-order valence-electron chi connectivity index (χ3n) is 19.5. The largest absolute Gasteiger partial charge is 0.426 e. The third-order valence-corrected chi connectivity index (χ3v) is 19.5. The van der Waals surface area contributed by atoms with E-state index in [0.29, 0.717) is 5.69 Å². The number of carbonyl (C=O) groups is 2. The van der Waals surface area contributed by atoms with E-state index in [1.165, 1.54) is 106 Å². The molecule has 4 aromatic carbocycles. The molecule has 0 aromatic heterocycles. The van der Waals surface area contributed by atoms with Crippen molar-refractivity contribution in [2.24, 2.45) is 10.8 Å². The van der Waals surface area contributed by atoms with E-state index in [4.69, 9.17) is 0 Å². The van der Waals surface area contributed by atoms with Gasteiger partial charge >= 0.3 is 6.85 Å². The Morgan fingerprint density at radius 3 is 2.11 bits per heavy atom. The molecular weight excluding hydrogens is 864 g/mol. The van der Waals surface area contributed by atoms with Gasteiger partial charge in [-0.3, -0.25) is 14.5 Å². The van der Waals surface area contributed by atoms with Crippen LogP contribution in [-0.2, 0) is 20.4 Å². The number of carbonyl (C=O) groups excluding carboxylic acids is 2. The molecule has 2 fully saturated rings. The van der Waals surface area contributed by atoms with Gasteiger partial charge in [0, 0.05) is 35.5 Å². The number of amides is 2. The Morgan fingerprint density at radius 2 is 1.38 bits per heavy atom. The number of benzene rings is 4. The summed E-state index contributed by atoms with van der Waals surface area (Å²) in [5.74, 6) is -0.0409.